The van der Waals surface area contributed by atoms with E-state index in [9.17, 15) is 4.79 Å². The molecule has 3 unspecified atom stereocenters. The van der Waals surface area contributed by atoms with Crippen LogP contribution in [0, 0.1) is 0 Å². The Balaban J connectivity index is 1.60. The summed E-state index contributed by atoms with van der Waals surface area (Å²) in [6, 6.07) is 5.72. The average molecular weight is 368 g/mol. The van der Waals surface area contributed by atoms with Gasteiger partial charge in [0.25, 0.3) is 0 Å². The maximum absolute atomic E-state index is 12.6. The van der Waals surface area contributed by atoms with Crippen LogP contribution in [0.15, 0.2) is 18.2 Å². The number of amides is 2. The molecular weight excluding hydrogens is 342 g/mol. The molecule has 1 aromatic carbocycles. The van der Waals surface area contributed by atoms with Gasteiger partial charge in [-0.3, -0.25) is 0 Å². The lowest BCUT2D eigenvalue weighted by molar-refractivity contribution is -0.0547. The van der Waals surface area contributed by atoms with Gasteiger partial charge in [0.1, 0.15) is 5.75 Å². The van der Waals surface area contributed by atoms with E-state index in [0.717, 1.165) is 30.9 Å². The van der Waals surface area contributed by atoms with Gasteiger partial charge >= 0.3 is 6.03 Å². The summed E-state index contributed by atoms with van der Waals surface area (Å²) < 4.78 is 11.1. The second-order valence-corrected chi connectivity index (χ2v) is 7.30. The molecule has 0 saturated carbocycles. The second-order valence-electron chi connectivity index (χ2n) is 6.86. The van der Waals surface area contributed by atoms with E-state index < -0.39 is 0 Å². The Kier molecular flexibility index (Phi) is 5.59. The quantitative estimate of drug-likeness (QED) is 0.892. The highest BCUT2D eigenvalue weighted by atomic mass is 35.5. The largest absolute Gasteiger partial charge is 0.495 e. The van der Waals surface area contributed by atoms with E-state index in [0.29, 0.717) is 18.1 Å². The van der Waals surface area contributed by atoms with Gasteiger partial charge in [-0.1, -0.05) is 11.6 Å². The number of halogens is 1. The van der Waals surface area contributed by atoms with E-state index in [-0.39, 0.29) is 24.3 Å². The molecule has 2 amide bonds. The summed E-state index contributed by atoms with van der Waals surface area (Å²) in [5.41, 5.74) is 0.973. The first-order valence-electron chi connectivity index (χ1n) is 8.75. The van der Waals surface area contributed by atoms with Crippen LogP contribution in [0.2, 0.25) is 5.02 Å². The van der Waals surface area contributed by atoms with Gasteiger partial charge in [0.15, 0.2) is 0 Å². The predicted octanol–water partition coefficient (Wildman–Crippen LogP) is 2.75. The number of ether oxygens (including phenoxy) is 2. The molecule has 0 aromatic heterocycles. The molecule has 0 radical (unpaired) electrons. The molecule has 2 heterocycles. The van der Waals surface area contributed by atoms with Crippen molar-refractivity contribution < 1.29 is 14.3 Å². The van der Waals surface area contributed by atoms with Crippen molar-refractivity contribution in [2.75, 3.05) is 38.2 Å². The number of nitrogens with one attached hydrogen (secondary N) is 1. The standard InChI is InChI=1S/C18H26ClN3O3/c1-12-9-22(10-13(2)25-12)18(23)20-15-6-7-21(11-15)16-8-14(19)4-5-17(16)24-3/h4-5,8,12-13,15H,6-7,9-11H2,1-3H3,(H,20,23). The number of benzene rings is 1. The SMILES string of the molecule is COc1ccc(Cl)cc1N1CCC(NC(=O)N2CC(C)OC(C)C2)C1. The Hall–Kier alpha value is -1.66. The fourth-order valence-electron chi connectivity index (χ4n) is 3.62. The van der Waals surface area contributed by atoms with Crippen molar-refractivity contribution in [1.29, 1.82) is 0 Å². The molecule has 6 nitrogen and oxygen atoms in total. The number of anilines is 1. The smallest absolute Gasteiger partial charge is 0.317 e. The van der Waals surface area contributed by atoms with Gasteiger partial charge in [0, 0.05) is 37.2 Å². The van der Waals surface area contributed by atoms with Gasteiger partial charge in [-0.05, 0) is 38.5 Å². The van der Waals surface area contributed by atoms with Crippen LogP contribution in [-0.4, -0.2) is 62.5 Å². The zero-order chi connectivity index (χ0) is 18.0. The summed E-state index contributed by atoms with van der Waals surface area (Å²) in [5.74, 6) is 0.798. The van der Waals surface area contributed by atoms with Crippen molar-refractivity contribution in [3.63, 3.8) is 0 Å². The van der Waals surface area contributed by atoms with Crippen molar-refractivity contribution in [3.05, 3.63) is 23.2 Å². The highest BCUT2D eigenvalue weighted by Gasteiger charge is 2.30. The minimum atomic E-state index is -0.00749. The lowest BCUT2D eigenvalue weighted by atomic mass is 10.2. The third-order valence-corrected chi connectivity index (χ3v) is 4.94. The maximum Gasteiger partial charge on any atom is 0.317 e. The van der Waals surface area contributed by atoms with Crippen molar-refractivity contribution in [1.82, 2.24) is 10.2 Å². The Morgan fingerprint density at radius 1 is 1.28 bits per heavy atom. The third kappa shape index (κ3) is 4.30. The number of methoxy groups -OCH3 is 1. The van der Waals surface area contributed by atoms with Crippen molar-refractivity contribution in [2.45, 2.75) is 38.5 Å². The second kappa shape index (κ2) is 7.70. The average Bonchev–Trinajstić information content (AvgIpc) is 3.02. The van der Waals surface area contributed by atoms with Gasteiger partial charge in [0.05, 0.1) is 25.0 Å². The monoisotopic (exact) mass is 367 g/mol. The minimum Gasteiger partial charge on any atom is -0.495 e. The number of hydrogen-bond donors (Lipinski definition) is 1. The molecule has 3 atom stereocenters. The van der Waals surface area contributed by atoms with E-state index in [2.05, 4.69) is 10.2 Å². The van der Waals surface area contributed by atoms with E-state index in [4.69, 9.17) is 21.1 Å². The molecule has 7 heteroatoms. The van der Waals surface area contributed by atoms with Crippen molar-refractivity contribution >= 4 is 23.3 Å². The molecule has 2 fully saturated rings. The Bertz CT molecular complexity index is 618. The number of carbonyl (C=O) groups is 1. The zero-order valence-electron chi connectivity index (χ0n) is 15.0. The fraction of sp³-hybridized carbons (Fsp3) is 0.611. The van der Waals surface area contributed by atoms with Crippen LogP contribution in [0.4, 0.5) is 10.5 Å². The molecule has 0 spiro atoms. The normalized spacial score (nSPS) is 26.6. The number of carbonyl (C=O) groups excluding carboxylic acids is 1. The number of urea groups is 1. The van der Waals surface area contributed by atoms with Crippen LogP contribution in [0.5, 0.6) is 5.75 Å². The molecule has 2 saturated heterocycles. The molecule has 1 N–H and O–H groups in total. The highest BCUT2D eigenvalue weighted by Crippen LogP contribution is 2.33. The van der Waals surface area contributed by atoms with Crippen LogP contribution < -0.4 is 15.0 Å². The van der Waals surface area contributed by atoms with Gasteiger partial charge in [-0.25, -0.2) is 4.79 Å². The summed E-state index contributed by atoms with van der Waals surface area (Å²) in [6.07, 6.45) is 1.05. The molecule has 1 aromatic rings. The van der Waals surface area contributed by atoms with Crippen LogP contribution >= 0.6 is 11.6 Å². The Morgan fingerprint density at radius 2 is 2.00 bits per heavy atom. The van der Waals surface area contributed by atoms with E-state index >= 15 is 0 Å². The fourth-order valence-corrected chi connectivity index (χ4v) is 3.78. The Morgan fingerprint density at radius 3 is 2.68 bits per heavy atom. The molecule has 2 aliphatic rings. The topological polar surface area (TPSA) is 54.0 Å². The predicted molar refractivity (Wildman–Crippen MR) is 98.7 cm³/mol. The summed E-state index contributed by atoms with van der Waals surface area (Å²) in [5, 5.41) is 3.84. The van der Waals surface area contributed by atoms with E-state index in [1.165, 1.54) is 0 Å². The highest BCUT2D eigenvalue weighted by molar-refractivity contribution is 6.30. The molecular formula is C18H26ClN3O3. The van der Waals surface area contributed by atoms with Crippen LogP contribution in [0.1, 0.15) is 20.3 Å². The number of hydrogen-bond acceptors (Lipinski definition) is 4. The van der Waals surface area contributed by atoms with E-state index in [1.807, 2.05) is 36.9 Å². The van der Waals surface area contributed by atoms with E-state index in [1.54, 1.807) is 7.11 Å². The zero-order valence-corrected chi connectivity index (χ0v) is 15.8. The summed E-state index contributed by atoms with van der Waals surface area (Å²) in [6.45, 7) is 6.87. The van der Waals surface area contributed by atoms with Crippen LogP contribution in [0.3, 0.4) is 0 Å². The number of nitrogens with zero attached hydrogens (tertiary/aromatic N) is 2. The molecule has 0 aliphatic carbocycles. The minimum absolute atomic E-state index is 0.00749. The van der Waals surface area contributed by atoms with Gasteiger partial charge in [-0.2, -0.15) is 0 Å². The van der Waals surface area contributed by atoms with Crippen LogP contribution in [-0.2, 0) is 4.74 Å². The molecule has 25 heavy (non-hydrogen) atoms. The molecule has 2 aliphatic heterocycles. The van der Waals surface area contributed by atoms with Gasteiger partial charge in [0.2, 0.25) is 0 Å². The van der Waals surface area contributed by atoms with Crippen molar-refractivity contribution in [3.8, 4) is 5.75 Å². The lowest BCUT2D eigenvalue weighted by Crippen LogP contribution is -2.53. The molecule has 3 rings (SSSR count). The first-order valence-corrected chi connectivity index (χ1v) is 9.13. The number of morpholine rings is 1. The van der Waals surface area contributed by atoms with Crippen LogP contribution in [0.25, 0.3) is 0 Å². The molecule has 0 bridgehead atoms. The lowest BCUT2D eigenvalue weighted by Gasteiger charge is -2.35. The number of rotatable bonds is 3. The maximum atomic E-state index is 12.6. The Labute approximate surface area is 154 Å². The van der Waals surface area contributed by atoms with Crippen molar-refractivity contribution in [2.24, 2.45) is 0 Å². The summed E-state index contributed by atoms with van der Waals surface area (Å²) in [4.78, 5) is 16.6. The first kappa shape index (κ1) is 18.1. The molecule has 138 valence electrons. The summed E-state index contributed by atoms with van der Waals surface area (Å²) >= 11 is 6.13. The van der Waals surface area contributed by atoms with Gasteiger partial charge in [-0.15, -0.1) is 0 Å². The van der Waals surface area contributed by atoms with Gasteiger partial charge < -0.3 is 24.6 Å². The third-order valence-electron chi connectivity index (χ3n) is 4.70. The summed E-state index contributed by atoms with van der Waals surface area (Å²) in [7, 11) is 1.66. The first-order chi connectivity index (χ1) is 12.0.